The Morgan fingerprint density at radius 2 is 1.59 bits per heavy atom. The second kappa shape index (κ2) is 11.7. The van der Waals surface area contributed by atoms with E-state index < -0.39 is 17.7 Å². The lowest BCUT2D eigenvalue weighted by molar-refractivity contribution is -0.137. The number of likely N-dealkylation sites (N-methyl/N-ethyl adjacent to an activating group) is 1. The molecule has 11 heteroatoms. The zero-order chi connectivity index (χ0) is 27.3. The van der Waals surface area contributed by atoms with Gasteiger partial charge in [0.2, 0.25) is 0 Å². The van der Waals surface area contributed by atoms with Gasteiger partial charge < -0.3 is 26.0 Å². The molecule has 0 aliphatic carbocycles. The van der Waals surface area contributed by atoms with E-state index in [9.17, 15) is 23.1 Å². The van der Waals surface area contributed by atoms with Crippen molar-refractivity contribution in [3.05, 3.63) is 76.6 Å². The second-order valence-corrected chi connectivity index (χ2v) is 9.19. The summed E-state index contributed by atoms with van der Waals surface area (Å²) in [5, 5.41) is 20.9. The number of amidine groups is 1. The van der Waals surface area contributed by atoms with E-state index in [2.05, 4.69) is 10.2 Å². The lowest BCUT2D eigenvalue weighted by Crippen LogP contribution is -2.51. The molecule has 1 saturated heterocycles. The first-order valence-electron chi connectivity index (χ1n) is 11.8. The SMILES string of the molecule is CN/C(N)=C(\C(=N)N1CCN(C(CN(C)C)c2ccc(C(F)(F)F)cc2)CC1)c1ccc(C(=O)O)cc1. The van der Waals surface area contributed by atoms with Gasteiger partial charge in [-0.3, -0.25) is 10.3 Å². The number of hydrogen-bond acceptors (Lipinski definition) is 6. The summed E-state index contributed by atoms with van der Waals surface area (Å²) in [7, 11) is 5.51. The largest absolute Gasteiger partial charge is 0.478 e. The predicted octanol–water partition coefficient (Wildman–Crippen LogP) is 3.15. The number of piperazine rings is 1. The number of carboxylic acid groups (broad SMARTS) is 1. The molecule has 1 aliphatic rings. The minimum Gasteiger partial charge on any atom is -0.478 e. The maximum atomic E-state index is 13.0. The lowest BCUT2D eigenvalue weighted by atomic mass is 10.00. The number of halogens is 3. The third-order valence-electron chi connectivity index (χ3n) is 6.43. The molecule has 0 amide bonds. The first-order valence-corrected chi connectivity index (χ1v) is 11.8. The Hall–Kier alpha value is -3.57. The smallest absolute Gasteiger partial charge is 0.416 e. The van der Waals surface area contributed by atoms with Crippen molar-refractivity contribution in [2.45, 2.75) is 12.2 Å². The van der Waals surface area contributed by atoms with Gasteiger partial charge in [-0.05, 0) is 49.5 Å². The van der Waals surface area contributed by atoms with Crippen molar-refractivity contribution in [3.8, 4) is 0 Å². The lowest BCUT2D eigenvalue weighted by Gasteiger charge is -2.41. The molecule has 1 fully saturated rings. The Labute approximate surface area is 214 Å². The highest BCUT2D eigenvalue weighted by atomic mass is 19.4. The number of nitrogens with one attached hydrogen (secondary N) is 2. The number of carbonyl (C=O) groups is 1. The number of aromatic carboxylic acids is 1. The van der Waals surface area contributed by atoms with Crippen LogP contribution in [-0.4, -0.2) is 85.5 Å². The molecular weight excluding hydrogens is 485 g/mol. The highest BCUT2D eigenvalue weighted by Gasteiger charge is 2.32. The molecule has 1 aliphatic heterocycles. The highest BCUT2D eigenvalue weighted by molar-refractivity contribution is 6.21. The van der Waals surface area contributed by atoms with Crippen LogP contribution in [0.4, 0.5) is 13.2 Å². The fourth-order valence-electron chi connectivity index (χ4n) is 4.41. The van der Waals surface area contributed by atoms with Gasteiger partial charge in [0.05, 0.1) is 16.7 Å². The van der Waals surface area contributed by atoms with Crippen molar-refractivity contribution in [1.29, 1.82) is 5.41 Å². The van der Waals surface area contributed by atoms with Crippen LogP contribution in [0.25, 0.3) is 5.57 Å². The molecule has 2 aromatic rings. The molecule has 37 heavy (non-hydrogen) atoms. The van der Waals surface area contributed by atoms with Gasteiger partial charge in [-0.1, -0.05) is 24.3 Å². The summed E-state index contributed by atoms with van der Waals surface area (Å²) in [6, 6.07) is 11.4. The first-order chi connectivity index (χ1) is 17.4. The minimum absolute atomic E-state index is 0.102. The molecule has 0 bridgehead atoms. The summed E-state index contributed by atoms with van der Waals surface area (Å²) in [4.78, 5) is 17.3. The maximum absolute atomic E-state index is 13.0. The third kappa shape index (κ3) is 6.80. The number of carboxylic acids is 1. The maximum Gasteiger partial charge on any atom is 0.416 e. The van der Waals surface area contributed by atoms with Gasteiger partial charge in [0.15, 0.2) is 0 Å². The van der Waals surface area contributed by atoms with Crippen molar-refractivity contribution >= 4 is 17.4 Å². The first kappa shape index (κ1) is 28.0. The molecule has 1 atom stereocenters. The van der Waals surface area contributed by atoms with Gasteiger partial charge in [-0.2, -0.15) is 13.2 Å². The minimum atomic E-state index is -4.38. The summed E-state index contributed by atoms with van der Waals surface area (Å²) in [5.41, 5.74) is 7.57. The van der Waals surface area contributed by atoms with Gasteiger partial charge in [-0.15, -0.1) is 0 Å². The van der Waals surface area contributed by atoms with E-state index in [4.69, 9.17) is 11.1 Å². The zero-order valence-corrected chi connectivity index (χ0v) is 21.1. The predicted molar refractivity (Wildman–Crippen MR) is 137 cm³/mol. The molecule has 0 aromatic heterocycles. The van der Waals surface area contributed by atoms with Crippen LogP contribution in [0.3, 0.4) is 0 Å². The zero-order valence-electron chi connectivity index (χ0n) is 21.1. The van der Waals surface area contributed by atoms with Crippen LogP contribution < -0.4 is 11.1 Å². The molecular formula is C26H33F3N6O2. The summed E-state index contributed by atoms with van der Waals surface area (Å²) in [6.45, 7) is 2.89. The van der Waals surface area contributed by atoms with Crippen LogP contribution in [0.1, 0.15) is 33.1 Å². The summed E-state index contributed by atoms with van der Waals surface area (Å²) >= 11 is 0. The second-order valence-electron chi connectivity index (χ2n) is 9.19. The van der Waals surface area contributed by atoms with Crippen LogP contribution in [0, 0.1) is 5.41 Å². The molecule has 0 radical (unpaired) electrons. The number of nitrogens with zero attached hydrogens (tertiary/aromatic N) is 3. The normalized spacial score (nSPS) is 16.4. The van der Waals surface area contributed by atoms with E-state index in [1.165, 1.54) is 12.1 Å². The van der Waals surface area contributed by atoms with Crippen molar-refractivity contribution < 1.29 is 23.1 Å². The van der Waals surface area contributed by atoms with E-state index in [-0.39, 0.29) is 17.4 Å². The Morgan fingerprint density at radius 1 is 1.05 bits per heavy atom. The molecule has 3 rings (SSSR count). The molecule has 1 heterocycles. The van der Waals surface area contributed by atoms with Crippen LogP contribution in [-0.2, 0) is 6.18 Å². The van der Waals surface area contributed by atoms with Crippen LogP contribution in [0.15, 0.2) is 54.4 Å². The van der Waals surface area contributed by atoms with Crippen LogP contribution in [0.2, 0.25) is 0 Å². The highest BCUT2D eigenvalue weighted by Crippen LogP contribution is 2.31. The van der Waals surface area contributed by atoms with Gasteiger partial charge in [-0.25, -0.2) is 4.79 Å². The van der Waals surface area contributed by atoms with Gasteiger partial charge in [0.25, 0.3) is 0 Å². The molecule has 8 nitrogen and oxygen atoms in total. The van der Waals surface area contributed by atoms with E-state index in [1.807, 2.05) is 23.9 Å². The number of nitrogens with two attached hydrogens (primary N) is 1. The molecule has 5 N–H and O–H groups in total. The topological polar surface area (TPSA) is 109 Å². The monoisotopic (exact) mass is 518 g/mol. The van der Waals surface area contributed by atoms with Crippen molar-refractivity contribution in [1.82, 2.24) is 20.0 Å². The standard InChI is InChI=1S/C26H33F3N6O2/c1-32-23(30)22(18-4-6-19(7-5-18)25(36)37)24(31)35-14-12-34(13-15-35)21(16-33(2)3)17-8-10-20(11-9-17)26(27,28)29/h4-11,21,31-32H,12-16,30H2,1-3H3,(H,36,37)/b23-22-,31-24?. The fraction of sp³-hybridized carbons (Fsp3) is 0.385. The molecule has 0 spiro atoms. The van der Waals surface area contributed by atoms with Gasteiger partial charge >= 0.3 is 12.1 Å². The fourth-order valence-corrected chi connectivity index (χ4v) is 4.41. The van der Waals surface area contributed by atoms with Crippen LogP contribution >= 0.6 is 0 Å². The Morgan fingerprint density at radius 3 is 2.05 bits per heavy atom. The quantitative estimate of drug-likeness (QED) is 0.314. The molecule has 0 saturated carbocycles. The molecule has 1 unspecified atom stereocenters. The Kier molecular flexibility index (Phi) is 8.82. The summed E-state index contributed by atoms with van der Waals surface area (Å²) in [5.74, 6) is -0.524. The number of hydrogen-bond donors (Lipinski definition) is 4. The van der Waals surface area contributed by atoms with Crippen molar-refractivity contribution in [2.75, 3.05) is 53.9 Å². The number of benzene rings is 2. The van der Waals surface area contributed by atoms with Gasteiger partial charge in [0.1, 0.15) is 11.7 Å². The van der Waals surface area contributed by atoms with E-state index >= 15 is 0 Å². The number of alkyl halides is 3. The van der Waals surface area contributed by atoms with Crippen LogP contribution in [0.5, 0.6) is 0 Å². The van der Waals surface area contributed by atoms with E-state index in [0.717, 1.165) is 17.7 Å². The average molecular weight is 519 g/mol. The Bertz CT molecular complexity index is 1120. The van der Waals surface area contributed by atoms with E-state index in [1.54, 1.807) is 31.3 Å². The molecule has 200 valence electrons. The van der Waals surface area contributed by atoms with Crippen molar-refractivity contribution in [2.24, 2.45) is 5.73 Å². The Balaban J connectivity index is 1.77. The average Bonchev–Trinajstić information content (AvgIpc) is 2.87. The van der Waals surface area contributed by atoms with Gasteiger partial charge in [0, 0.05) is 45.8 Å². The summed E-state index contributed by atoms with van der Waals surface area (Å²) < 4.78 is 39.1. The van der Waals surface area contributed by atoms with E-state index in [0.29, 0.717) is 49.7 Å². The molecule has 2 aromatic carbocycles. The number of rotatable bonds is 8. The summed E-state index contributed by atoms with van der Waals surface area (Å²) in [6.07, 6.45) is -4.38. The third-order valence-corrected chi connectivity index (χ3v) is 6.43. The van der Waals surface area contributed by atoms with Crippen molar-refractivity contribution in [3.63, 3.8) is 0 Å².